The van der Waals surface area contributed by atoms with Gasteiger partial charge >= 0.3 is 0 Å². The van der Waals surface area contributed by atoms with Crippen LogP contribution in [0, 0.1) is 11.6 Å². The van der Waals surface area contributed by atoms with Gasteiger partial charge in [0.1, 0.15) is 17.5 Å². The van der Waals surface area contributed by atoms with E-state index < -0.39 is 0 Å². The van der Waals surface area contributed by atoms with E-state index in [9.17, 15) is 8.78 Å². The van der Waals surface area contributed by atoms with E-state index in [1.165, 1.54) is 18.2 Å². The normalized spacial score (nSPS) is 12.4. The van der Waals surface area contributed by atoms with Crippen molar-refractivity contribution in [3.05, 3.63) is 101 Å². The quantitative estimate of drug-likeness (QED) is 0.231. The minimum atomic E-state index is -0.265. The summed E-state index contributed by atoms with van der Waals surface area (Å²) in [6.45, 7) is 5.19. The molecule has 5 rings (SSSR count). The number of rotatable bonds is 11. The highest BCUT2D eigenvalue weighted by atomic mass is 19.1. The Hall–Kier alpha value is -3.71. The maximum absolute atomic E-state index is 14.4. The lowest BCUT2D eigenvalue weighted by Gasteiger charge is -2.24. The first-order valence-corrected chi connectivity index (χ1v) is 12.8. The minimum absolute atomic E-state index is 0.183. The Morgan fingerprint density at radius 2 is 1.76 bits per heavy atom. The van der Waals surface area contributed by atoms with Crippen LogP contribution in [0.1, 0.15) is 36.6 Å². The zero-order chi connectivity index (χ0) is 25.6. The third-order valence-corrected chi connectivity index (χ3v) is 6.66. The Kier molecular flexibility index (Phi) is 7.80. The van der Waals surface area contributed by atoms with Gasteiger partial charge in [0.05, 0.1) is 11.9 Å². The number of fused-ring (bicyclic) bond motifs is 1. The number of aromatic nitrogens is 2. The Bertz CT molecular complexity index is 1340. The summed E-state index contributed by atoms with van der Waals surface area (Å²) in [7, 11) is 0. The smallest absolute Gasteiger partial charge is 0.231 e. The molecule has 0 saturated heterocycles. The molecule has 0 unspecified atom stereocenters. The molecule has 0 radical (unpaired) electrons. The van der Waals surface area contributed by atoms with Crippen molar-refractivity contribution in [2.24, 2.45) is 0 Å². The lowest BCUT2D eigenvalue weighted by Crippen LogP contribution is -2.27. The third-order valence-electron chi connectivity index (χ3n) is 6.66. The van der Waals surface area contributed by atoms with Crippen molar-refractivity contribution in [1.82, 2.24) is 14.5 Å². The SMILES string of the molecule is CCCCn1c(CN(CCc2ccccc2F)Cc2ccc3c(c2)OCO3)cnc1-c1ccc(F)cc1. The van der Waals surface area contributed by atoms with Gasteiger partial charge in [0.15, 0.2) is 11.5 Å². The minimum Gasteiger partial charge on any atom is -0.454 e. The van der Waals surface area contributed by atoms with Gasteiger partial charge in [0.25, 0.3) is 0 Å². The second-order valence-electron chi connectivity index (χ2n) is 9.32. The van der Waals surface area contributed by atoms with Crippen molar-refractivity contribution in [1.29, 1.82) is 0 Å². The van der Waals surface area contributed by atoms with Gasteiger partial charge in [-0.3, -0.25) is 4.90 Å². The van der Waals surface area contributed by atoms with Crippen LogP contribution < -0.4 is 9.47 Å². The van der Waals surface area contributed by atoms with Gasteiger partial charge in [0.2, 0.25) is 6.79 Å². The predicted octanol–water partition coefficient (Wildman–Crippen LogP) is 6.60. The monoisotopic (exact) mass is 503 g/mol. The van der Waals surface area contributed by atoms with Crippen LogP contribution in [-0.4, -0.2) is 27.8 Å². The highest BCUT2D eigenvalue weighted by molar-refractivity contribution is 5.56. The molecule has 0 spiro atoms. The van der Waals surface area contributed by atoms with Crippen molar-refractivity contribution >= 4 is 0 Å². The number of hydrogen-bond donors (Lipinski definition) is 0. The van der Waals surface area contributed by atoms with Crippen LogP contribution in [0.2, 0.25) is 0 Å². The number of hydrogen-bond acceptors (Lipinski definition) is 4. The van der Waals surface area contributed by atoms with Gasteiger partial charge < -0.3 is 14.0 Å². The van der Waals surface area contributed by atoms with E-state index in [0.717, 1.165) is 53.5 Å². The second-order valence-corrected chi connectivity index (χ2v) is 9.32. The molecule has 0 bridgehead atoms. The summed E-state index contributed by atoms with van der Waals surface area (Å²) in [5.41, 5.74) is 3.75. The average Bonchev–Trinajstić information content (AvgIpc) is 3.54. The summed E-state index contributed by atoms with van der Waals surface area (Å²) >= 11 is 0. The summed E-state index contributed by atoms with van der Waals surface area (Å²) in [5, 5.41) is 0. The molecule has 1 aliphatic rings. The van der Waals surface area contributed by atoms with E-state index in [4.69, 9.17) is 14.5 Å². The molecule has 3 aromatic carbocycles. The summed E-state index contributed by atoms with van der Waals surface area (Å²) in [5.74, 6) is 1.89. The Labute approximate surface area is 216 Å². The number of halogens is 2. The summed E-state index contributed by atoms with van der Waals surface area (Å²) in [4.78, 5) is 7.03. The molecule has 0 saturated carbocycles. The zero-order valence-electron chi connectivity index (χ0n) is 21.0. The molecular formula is C30H31F2N3O2. The fraction of sp³-hybridized carbons (Fsp3) is 0.300. The number of ether oxygens (including phenoxy) is 2. The predicted molar refractivity (Wildman–Crippen MR) is 139 cm³/mol. The Balaban J connectivity index is 1.42. The molecule has 1 aromatic heterocycles. The van der Waals surface area contributed by atoms with Crippen molar-refractivity contribution in [2.45, 2.75) is 45.8 Å². The lowest BCUT2D eigenvalue weighted by molar-refractivity contribution is 0.174. The maximum Gasteiger partial charge on any atom is 0.231 e. The van der Waals surface area contributed by atoms with Crippen LogP contribution in [-0.2, 0) is 26.1 Å². The summed E-state index contributed by atoms with van der Waals surface area (Å²) in [6.07, 6.45) is 4.55. The largest absolute Gasteiger partial charge is 0.454 e. The van der Waals surface area contributed by atoms with E-state index >= 15 is 0 Å². The number of unbranched alkanes of at least 4 members (excludes halogenated alkanes) is 1. The van der Waals surface area contributed by atoms with E-state index in [1.54, 1.807) is 18.2 Å². The van der Waals surface area contributed by atoms with Crippen LogP contribution in [0.15, 0.2) is 72.9 Å². The van der Waals surface area contributed by atoms with Crippen LogP contribution in [0.4, 0.5) is 8.78 Å². The molecule has 37 heavy (non-hydrogen) atoms. The van der Waals surface area contributed by atoms with Crippen LogP contribution in [0.25, 0.3) is 11.4 Å². The molecule has 5 nitrogen and oxygen atoms in total. The molecular weight excluding hydrogens is 472 g/mol. The molecule has 0 fully saturated rings. The van der Waals surface area contributed by atoms with Crippen LogP contribution in [0.5, 0.6) is 11.5 Å². The molecule has 1 aliphatic heterocycles. The zero-order valence-corrected chi connectivity index (χ0v) is 21.0. The molecule has 7 heteroatoms. The second kappa shape index (κ2) is 11.6. The van der Waals surface area contributed by atoms with Crippen molar-refractivity contribution in [3.63, 3.8) is 0 Å². The standard InChI is InChI=1S/C30H31F2N3O2/c1-2-3-15-35-26(18-33-30(35)24-9-11-25(31)12-10-24)20-34(16-14-23-6-4-5-7-27(23)32)19-22-8-13-28-29(17-22)37-21-36-28/h4-13,17-18H,2-3,14-16,19-21H2,1H3. The Morgan fingerprint density at radius 1 is 0.946 bits per heavy atom. The number of imidazole rings is 1. The molecule has 0 aliphatic carbocycles. The number of benzene rings is 3. The Morgan fingerprint density at radius 3 is 2.57 bits per heavy atom. The van der Waals surface area contributed by atoms with Gasteiger partial charge in [-0.15, -0.1) is 0 Å². The molecule has 0 atom stereocenters. The molecule has 0 N–H and O–H groups in total. The molecule has 4 aromatic rings. The highest BCUT2D eigenvalue weighted by Crippen LogP contribution is 2.33. The third kappa shape index (κ3) is 6.00. The van der Waals surface area contributed by atoms with E-state index in [0.29, 0.717) is 31.6 Å². The first-order chi connectivity index (χ1) is 18.1. The van der Waals surface area contributed by atoms with Gasteiger partial charge in [-0.2, -0.15) is 0 Å². The van der Waals surface area contributed by atoms with Gasteiger partial charge in [-0.1, -0.05) is 37.6 Å². The van der Waals surface area contributed by atoms with Gasteiger partial charge in [-0.25, -0.2) is 13.8 Å². The fourth-order valence-electron chi connectivity index (χ4n) is 4.65. The molecule has 0 amide bonds. The molecule has 2 heterocycles. The number of nitrogens with zero attached hydrogens (tertiary/aromatic N) is 3. The van der Waals surface area contributed by atoms with Gasteiger partial charge in [-0.05, 0) is 66.4 Å². The van der Waals surface area contributed by atoms with Crippen molar-refractivity contribution in [2.75, 3.05) is 13.3 Å². The summed E-state index contributed by atoms with van der Waals surface area (Å²) < 4.78 is 41.2. The van der Waals surface area contributed by atoms with Crippen LogP contribution in [0.3, 0.4) is 0 Å². The average molecular weight is 504 g/mol. The van der Waals surface area contributed by atoms with Crippen molar-refractivity contribution < 1.29 is 18.3 Å². The van der Waals surface area contributed by atoms with E-state index in [-0.39, 0.29) is 18.4 Å². The lowest BCUT2D eigenvalue weighted by atomic mass is 10.1. The first kappa shape index (κ1) is 25.0. The summed E-state index contributed by atoms with van der Waals surface area (Å²) in [6, 6.07) is 19.4. The first-order valence-electron chi connectivity index (χ1n) is 12.8. The van der Waals surface area contributed by atoms with Crippen LogP contribution >= 0.6 is 0 Å². The fourth-order valence-corrected chi connectivity index (χ4v) is 4.65. The van der Waals surface area contributed by atoms with Gasteiger partial charge in [0, 0.05) is 31.7 Å². The highest BCUT2D eigenvalue weighted by Gasteiger charge is 2.18. The van der Waals surface area contributed by atoms with E-state index in [2.05, 4.69) is 16.4 Å². The van der Waals surface area contributed by atoms with Crippen molar-refractivity contribution in [3.8, 4) is 22.9 Å². The molecule has 192 valence electrons. The topological polar surface area (TPSA) is 39.5 Å². The maximum atomic E-state index is 14.4. The van der Waals surface area contributed by atoms with E-state index in [1.807, 2.05) is 36.5 Å².